The first-order valence-corrected chi connectivity index (χ1v) is 17.4. The number of aryl methyl sites for hydroxylation is 1. The van der Waals surface area contributed by atoms with E-state index in [-0.39, 0.29) is 36.0 Å². The van der Waals surface area contributed by atoms with E-state index < -0.39 is 13.9 Å². The molecule has 0 radical (unpaired) electrons. The van der Waals surface area contributed by atoms with E-state index in [0.717, 1.165) is 28.2 Å². The number of benzene rings is 2. The van der Waals surface area contributed by atoms with E-state index in [2.05, 4.69) is 10.3 Å². The lowest BCUT2D eigenvalue weighted by molar-refractivity contribution is -0.146. The van der Waals surface area contributed by atoms with Crippen LogP contribution in [0.1, 0.15) is 36.6 Å². The van der Waals surface area contributed by atoms with Gasteiger partial charge in [0.2, 0.25) is 5.91 Å². The minimum atomic E-state index is -2.77. The predicted octanol–water partition coefficient (Wildman–Crippen LogP) is 2.98. The summed E-state index contributed by atoms with van der Waals surface area (Å²) in [6, 6.07) is 15.6. The topological polar surface area (TPSA) is 121 Å². The molecule has 0 unspecified atom stereocenters. The molecule has 3 aliphatic rings. The van der Waals surface area contributed by atoms with Crippen molar-refractivity contribution in [2.45, 2.75) is 69.6 Å². The molecule has 1 aromatic heterocycles. The summed E-state index contributed by atoms with van der Waals surface area (Å²) in [5.41, 5.74) is 2.77. The number of aliphatic hydroxyl groups excluding tert-OH is 1. The zero-order valence-corrected chi connectivity index (χ0v) is 24.7. The lowest BCUT2D eigenvalue weighted by Crippen LogP contribution is -2.46. The van der Waals surface area contributed by atoms with Gasteiger partial charge in [-0.1, -0.05) is 42.5 Å². The fourth-order valence-corrected chi connectivity index (χ4v) is 9.59. The molecule has 0 aliphatic carbocycles. The van der Waals surface area contributed by atoms with Gasteiger partial charge in [-0.3, -0.25) is 14.3 Å². The number of ether oxygens (including phenoxy) is 1. The Kier molecular flexibility index (Phi) is 7.09. The molecular formula is C30H37N5O5Si. The second-order valence-corrected chi connectivity index (χ2v) is 15.9. The van der Waals surface area contributed by atoms with Crippen LogP contribution in [0.3, 0.4) is 0 Å². The zero-order valence-electron chi connectivity index (χ0n) is 23.7. The van der Waals surface area contributed by atoms with Gasteiger partial charge in [-0.05, 0) is 43.3 Å². The second-order valence-electron chi connectivity index (χ2n) is 12.0. The number of hydrogen-bond acceptors (Lipinski definition) is 7. The molecule has 2 amide bonds. The van der Waals surface area contributed by atoms with Crippen LogP contribution in [0, 0.1) is 5.92 Å². The molecule has 2 aromatic carbocycles. The molecule has 2 fully saturated rings. The fraction of sp³-hybridized carbons (Fsp3) is 0.467. The van der Waals surface area contributed by atoms with Crippen LogP contribution in [0.2, 0.25) is 18.6 Å². The Hall–Kier alpha value is -3.38. The lowest BCUT2D eigenvalue weighted by Gasteiger charge is -2.32. The molecule has 41 heavy (non-hydrogen) atoms. The van der Waals surface area contributed by atoms with Gasteiger partial charge in [-0.2, -0.15) is 0 Å². The summed E-state index contributed by atoms with van der Waals surface area (Å²) in [6.07, 6.45) is 3.04. The first-order chi connectivity index (χ1) is 19.6. The van der Waals surface area contributed by atoms with Crippen molar-refractivity contribution in [2.24, 2.45) is 5.92 Å². The van der Waals surface area contributed by atoms with Crippen molar-refractivity contribution in [2.75, 3.05) is 23.0 Å². The quantitative estimate of drug-likeness (QED) is 0.297. The van der Waals surface area contributed by atoms with Gasteiger partial charge in [0, 0.05) is 61.4 Å². The monoisotopic (exact) mass is 575 g/mol. The molecular weight excluding hydrogens is 538 g/mol. The summed E-state index contributed by atoms with van der Waals surface area (Å²) < 4.78 is 8.61. The van der Waals surface area contributed by atoms with Gasteiger partial charge >= 0.3 is 0 Å². The predicted molar refractivity (Wildman–Crippen MR) is 156 cm³/mol. The Morgan fingerprint density at radius 3 is 2.66 bits per heavy atom. The summed E-state index contributed by atoms with van der Waals surface area (Å²) in [6.45, 7) is 7.48. The number of carbonyl (C=O) groups excluding carboxylic acids is 2. The summed E-state index contributed by atoms with van der Waals surface area (Å²) in [7, 11) is -2.77. The number of β-lactam (4-membered cyclic amide) rings is 1. The van der Waals surface area contributed by atoms with E-state index in [4.69, 9.17) is 4.74 Å². The van der Waals surface area contributed by atoms with Crippen molar-refractivity contribution in [3.63, 3.8) is 0 Å². The number of aliphatic hydroxyl groups is 1. The second kappa shape index (κ2) is 10.5. The molecule has 2 saturated heterocycles. The molecule has 1 spiro atoms. The number of fused-ring (bicyclic) bond motifs is 2. The molecule has 0 saturated carbocycles. The van der Waals surface area contributed by atoms with Gasteiger partial charge in [0.1, 0.15) is 0 Å². The standard InChI is InChI=1S/C30H37N5O5Si/c1-20-28(41(2,3)39)26(11-14-33-19-22(13-16-36)31-32-33)40-30(20)24-9-4-5-10-25(24)35(29(30)38)18-21-7-6-8-23(17-21)34-15-12-27(34)37/h4-10,17,19-20,26,28,36,39H,11-16,18H2,1-3H3/t20-,26+,28-,30+/m1/s1. The van der Waals surface area contributed by atoms with Gasteiger partial charge in [0.05, 0.1) is 24.0 Å². The third-order valence-electron chi connectivity index (χ3n) is 8.90. The van der Waals surface area contributed by atoms with Crippen molar-refractivity contribution in [1.29, 1.82) is 0 Å². The SMILES string of the molecule is C[C@@H]1[C@@H]([Si](C)(C)O)[C@H](CCn2cc(CCO)nn2)O[C@@]12C(=O)N(Cc1cccc(N3CCC3=O)c1)c1ccccc12. The fourth-order valence-electron chi connectivity index (χ4n) is 6.99. The molecule has 10 nitrogen and oxygen atoms in total. The molecule has 0 bridgehead atoms. The average Bonchev–Trinajstić information content (AvgIpc) is 3.57. The van der Waals surface area contributed by atoms with E-state index >= 15 is 0 Å². The van der Waals surface area contributed by atoms with Crippen molar-refractivity contribution < 1.29 is 24.2 Å². The number of para-hydroxylation sites is 1. The van der Waals surface area contributed by atoms with Crippen LogP contribution >= 0.6 is 0 Å². The van der Waals surface area contributed by atoms with E-state index in [0.29, 0.717) is 38.9 Å². The zero-order chi connectivity index (χ0) is 28.9. The molecule has 2 N–H and O–H groups in total. The first-order valence-electron chi connectivity index (χ1n) is 14.3. The van der Waals surface area contributed by atoms with Crippen LogP contribution in [0.4, 0.5) is 11.4 Å². The van der Waals surface area contributed by atoms with Gasteiger partial charge in [0.25, 0.3) is 5.91 Å². The molecule has 3 aromatic rings. The van der Waals surface area contributed by atoms with Crippen LogP contribution < -0.4 is 9.80 Å². The molecule has 4 heterocycles. The number of hydrogen-bond donors (Lipinski definition) is 2. The number of anilines is 2. The van der Waals surface area contributed by atoms with Crippen molar-refractivity contribution in [3.05, 3.63) is 71.5 Å². The normalized spacial score (nSPS) is 25.7. The van der Waals surface area contributed by atoms with Crippen LogP contribution in [-0.4, -0.2) is 64.3 Å². The maximum absolute atomic E-state index is 14.5. The number of rotatable bonds is 9. The van der Waals surface area contributed by atoms with E-state index in [9.17, 15) is 19.5 Å². The smallest absolute Gasteiger partial charge is 0.264 e. The number of nitrogens with zero attached hydrogens (tertiary/aromatic N) is 5. The first kappa shape index (κ1) is 27.8. The van der Waals surface area contributed by atoms with E-state index in [1.807, 2.05) is 74.7 Å². The molecule has 216 valence electrons. The molecule has 6 rings (SSSR count). The maximum atomic E-state index is 14.5. The van der Waals surface area contributed by atoms with Gasteiger partial charge in [-0.15, -0.1) is 5.10 Å². The Morgan fingerprint density at radius 1 is 1.15 bits per heavy atom. The minimum Gasteiger partial charge on any atom is -0.432 e. The molecule has 4 atom stereocenters. The van der Waals surface area contributed by atoms with E-state index in [1.165, 1.54) is 0 Å². The Bertz CT molecular complexity index is 1470. The van der Waals surface area contributed by atoms with E-state index in [1.54, 1.807) is 14.5 Å². The Labute approximate surface area is 240 Å². The Morgan fingerprint density at radius 2 is 1.95 bits per heavy atom. The highest BCUT2D eigenvalue weighted by Crippen LogP contribution is 2.59. The summed E-state index contributed by atoms with van der Waals surface area (Å²) in [4.78, 5) is 41.6. The van der Waals surface area contributed by atoms with Gasteiger partial charge in [0.15, 0.2) is 13.9 Å². The highest BCUT2D eigenvalue weighted by Gasteiger charge is 2.66. The average molecular weight is 576 g/mol. The molecule has 3 aliphatic heterocycles. The maximum Gasteiger partial charge on any atom is 0.264 e. The summed E-state index contributed by atoms with van der Waals surface area (Å²) in [5.74, 6) is -0.253. The third kappa shape index (κ3) is 4.70. The van der Waals surface area contributed by atoms with Crippen LogP contribution in [-0.2, 0) is 39.4 Å². The minimum absolute atomic E-state index is 0.00946. The van der Waals surface area contributed by atoms with Crippen LogP contribution in [0.5, 0.6) is 0 Å². The highest BCUT2D eigenvalue weighted by atomic mass is 28.4. The van der Waals surface area contributed by atoms with Crippen molar-refractivity contribution in [3.8, 4) is 0 Å². The molecule has 11 heteroatoms. The highest BCUT2D eigenvalue weighted by molar-refractivity contribution is 6.71. The Balaban J connectivity index is 1.31. The number of amides is 2. The van der Waals surface area contributed by atoms with Crippen molar-refractivity contribution >= 4 is 31.5 Å². The van der Waals surface area contributed by atoms with Gasteiger partial charge in [-0.25, -0.2) is 0 Å². The third-order valence-corrected chi connectivity index (χ3v) is 11.4. The lowest BCUT2D eigenvalue weighted by atomic mass is 9.82. The largest absolute Gasteiger partial charge is 0.432 e. The van der Waals surface area contributed by atoms with Gasteiger partial charge < -0.3 is 24.4 Å². The van der Waals surface area contributed by atoms with Crippen molar-refractivity contribution in [1.82, 2.24) is 15.0 Å². The van der Waals surface area contributed by atoms with Crippen LogP contribution in [0.25, 0.3) is 0 Å². The number of aromatic nitrogens is 3. The number of carbonyl (C=O) groups is 2. The summed E-state index contributed by atoms with van der Waals surface area (Å²) in [5, 5.41) is 17.5. The van der Waals surface area contributed by atoms with Crippen LogP contribution in [0.15, 0.2) is 54.7 Å². The summed E-state index contributed by atoms with van der Waals surface area (Å²) >= 11 is 0.